The minimum absolute atomic E-state index is 0.301. The summed E-state index contributed by atoms with van der Waals surface area (Å²) in [6.45, 7) is 2.35. The number of nitrogens with two attached hydrogens (primary N) is 1. The molecule has 0 aliphatic rings. The van der Waals surface area contributed by atoms with Crippen LogP contribution in [0.25, 0.3) is 21.5 Å². The van der Waals surface area contributed by atoms with Crippen molar-refractivity contribution in [3.8, 4) is 23.3 Å². The fourth-order valence-electron chi connectivity index (χ4n) is 2.08. The standard InChI is InChI=1S/C15H12N4OS/c1-2-20-15-18-13(9-6-4-3-5-7-9)11-12(17)10(8-16)21-14(11)19-15/h3-7H,2,17H2,1H3. The van der Waals surface area contributed by atoms with Crippen molar-refractivity contribution in [3.63, 3.8) is 0 Å². The van der Waals surface area contributed by atoms with Crippen molar-refractivity contribution in [2.24, 2.45) is 0 Å². The van der Waals surface area contributed by atoms with Gasteiger partial charge in [-0.1, -0.05) is 30.3 Å². The molecule has 2 aromatic heterocycles. The van der Waals surface area contributed by atoms with Crippen molar-refractivity contribution in [3.05, 3.63) is 35.2 Å². The van der Waals surface area contributed by atoms with Crippen molar-refractivity contribution in [2.75, 3.05) is 12.3 Å². The lowest BCUT2D eigenvalue weighted by Gasteiger charge is -2.07. The summed E-state index contributed by atoms with van der Waals surface area (Å²) in [5, 5.41) is 9.87. The first kappa shape index (κ1) is 13.3. The van der Waals surface area contributed by atoms with Gasteiger partial charge in [0.2, 0.25) is 0 Å². The molecular formula is C15H12N4OS. The molecule has 2 heterocycles. The topological polar surface area (TPSA) is 84.8 Å². The zero-order chi connectivity index (χ0) is 14.8. The zero-order valence-electron chi connectivity index (χ0n) is 11.3. The summed E-state index contributed by atoms with van der Waals surface area (Å²) in [7, 11) is 0. The third-order valence-electron chi connectivity index (χ3n) is 2.99. The van der Waals surface area contributed by atoms with E-state index in [0.29, 0.717) is 39.1 Å². The monoisotopic (exact) mass is 296 g/mol. The molecule has 3 rings (SSSR count). The number of nitrogens with zero attached hydrogens (tertiary/aromatic N) is 3. The Balaban J connectivity index is 2.34. The predicted octanol–water partition coefficient (Wildman–Crippen LogP) is 3.21. The molecule has 6 heteroatoms. The fraction of sp³-hybridized carbons (Fsp3) is 0.133. The van der Waals surface area contributed by atoms with Crippen LogP contribution in [0.4, 0.5) is 5.69 Å². The van der Waals surface area contributed by atoms with Gasteiger partial charge in [0.15, 0.2) is 0 Å². The largest absolute Gasteiger partial charge is 0.464 e. The van der Waals surface area contributed by atoms with Crippen LogP contribution >= 0.6 is 11.3 Å². The van der Waals surface area contributed by atoms with Crippen LogP contribution in [-0.4, -0.2) is 16.6 Å². The number of hydrogen-bond donors (Lipinski definition) is 1. The molecule has 0 aliphatic heterocycles. The van der Waals surface area contributed by atoms with Crippen molar-refractivity contribution in [1.82, 2.24) is 9.97 Å². The molecule has 0 saturated carbocycles. The maximum atomic E-state index is 9.15. The Morgan fingerprint density at radius 3 is 2.71 bits per heavy atom. The smallest absolute Gasteiger partial charge is 0.318 e. The van der Waals surface area contributed by atoms with Crippen LogP contribution in [0, 0.1) is 11.3 Å². The first-order valence-electron chi connectivity index (χ1n) is 6.43. The van der Waals surface area contributed by atoms with E-state index in [0.717, 1.165) is 5.56 Å². The minimum Gasteiger partial charge on any atom is -0.464 e. The third-order valence-corrected chi connectivity index (χ3v) is 3.99. The molecule has 0 radical (unpaired) electrons. The maximum Gasteiger partial charge on any atom is 0.318 e. The SMILES string of the molecule is CCOc1nc(-c2ccccc2)c2c(N)c(C#N)sc2n1. The molecule has 3 aromatic rings. The van der Waals surface area contributed by atoms with E-state index in [1.807, 2.05) is 37.3 Å². The molecule has 5 nitrogen and oxygen atoms in total. The lowest BCUT2D eigenvalue weighted by atomic mass is 10.1. The van der Waals surface area contributed by atoms with Crippen LogP contribution in [-0.2, 0) is 0 Å². The van der Waals surface area contributed by atoms with Crippen molar-refractivity contribution >= 4 is 27.2 Å². The molecule has 1 aromatic carbocycles. The highest BCUT2D eigenvalue weighted by molar-refractivity contribution is 7.20. The van der Waals surface area contributed by atoms with Crippen LogP contribution in [0.5, 0.6) is 6.01 Å². The van der Waals surface area contributed by atoms with Crippen molar-refractivity contribution in [1.29, 1.82) is 5.26 Å². The van der Waals surface area contributed by atoms with Gasteiger partial charge in [-0.25, -0.2) is 0 Å². The van der Waals surface area contributed by atoms with Crippen LogP contribution in [0.2, 0.25) is 0 Å². The number of hydrogen-bond acceptors (Lipinski definition) is 6. The number of nitrogen functional groups attached to an aromatic ring is 1. The van der Waals surface area contributed by atoms with E-state index in [2.05, 4.69) is 16.0 Å². The molecule has 0 unspecified atom stereocenters. The highest BCUT2D eigenvalue weighted by Gasteiger charge is 2.18. The molecule has 0 aliphatic carbocycles. The van der Waals surface area contributed by atoms with Crippen LogP contribution in [0.15, 0.2) is 30.3 Å². The number of rotatable bonds is 3. The van der Waals surface area contributed by atoms with Crippen LogP contribution in [0.1, 0.15) is 11.8 Å². The molecule has 0 spiro atoms. The van der Waals surface area contributed by atoms with Gasteiger partial charge in [-0.05, 0) is 6.92 Å². The summed E-state index contributed by atoms with van der Waals surface area (Å²) in [5.41, 5.74) is 8.12. The van der Waals surface area contributed by atoms with Gasteiger partial charge in [-0.2, -0.15) is 15.2 Å². The Morgan fingerprint density at radius 1 is 1.29 bits per heavy atom. The summed E-state index contributed by atoms with van der Waals surface area (Å²) in [5.74, 6) is 0. The summed E-state index contributed by atoms with van der Waals surface area (Å²) in [6, 6.07) is 12.1. The highest BCUT2D eigenvalue weighted by Crippen LogP contribution is 2.38. The Morgan fingerprint density at radius 2 is 2.05 bits per heavy atom. The highest BCUT2D eigenvalue weighted by atomic mass is 32.1. The van der Waals surface area contributed by atoms with E-state index in [4.69, 9.17) is 15.7 Å². The minimum atomic E-state index is 0.301. The summed E-state index contributed by atoms with van der Waals surface area (Å²) in [6.07, 6.45) is 0. The second-order valence-corrected chi connectivity index (χ2v) is 5.29. The van der Waals surface area contributed by atoms with Gasteiger partial charge in [0.1, 0.15) is 15.8 Å². The van der Waals surface area contributed by atoms with Gasteiger partial charge >= 0.3 is 6.01 Å². The van der Waals surface area contributed by atoms with Gasteiger partial charge in [0.25, 0.3) is 0 Å². The molecule has 0 fully saturated rings. The maximum absolute atomic E-state index is 9.15. The average molecular weight is 296 g/mol. The fourth-order valence-corrected chi connectivity index (χ4v) is 2.97. The number of anilines is 1. The summed E-state index contributed by atoms with van der Waals surface area (Å²) >= 11 is 1.26. The second kappa shape index (κ2) is 5.38. The third kappa shape index (κ3) is 2.28. The quantitative estimate of drug-likeness (QED) is 0.802. The van der Waals surface area contributed by atoms with E-state index in [9.17, 15) is 0 Å². The molecule has 21 heavy (non-hydrogen) atoms. The lowest BCUT2D eigenvalue weighted by molar-refractivity contribution is 0.314. The predicted molar refractivity (Wildman–Crippen MR) is 83.1 cm³/mol. The Hall–Kier alpha value is -2.65. The van der Waals surface area contributed by atoms with E-state index in [1.54, 1.807) is 0 Å². The van der Waals surface area contributed by atoms with E-state index in [1.165, 1.54) is 11.3 Å². The second-order valence-electron chi connectivity index (χ2n) is 4.29. The number of ether oxygens (including phenoxy) is 1. The Bertz CT molecular complexity index is 836. The van der Waals surface area contributed by atoms with Gasteiger partial charge in [-0.3, -0.25) is 0 Å². The van der Waals surface area contributed by atoms with Crippen LogP contribution < -0.4 is 10.5 Å². The molecule has 104 valence electrons. The van der Waals surface area contributed by atoms with E-state index < -0.39 is 0 Å². The normalized spacial score (nSPS) is 10.5. The molecule has 0 amide bonds. The van der Waals surface area contributed by atoms with Gasteiger partial charge in [0, 0.05) is 5.56 Å². The van der Waals surface area contributed by atoms with E-state index in [-0.39, 0.29) is 0 Å². The lowest BCUT2D eigenvalue weighted by Crippen LogP contribution is -1.99. The summed E-state index contributed by atoms with van der Waals surface area (Å²) < 4.78 is 5.42. The molecular weight excluding hydrogens is 284 g/mol. The number of aromatic nitrogens is 2. The van der Waals surface area contributed by atoms with E-state index >= 15 is 0 Å². The van der Waals surface area contributed by atoms with Gasteiger partial charge < -0.3 is 10.5 Å². The molecule has 2 N–H and O–H groups in total. The molecule has 0 atom stereocenters. The first-order chi connectivity index (χ1) is 10.2. The van der Waals surface area contributed by atoms with Crippen molar-refractivity contribution in [2.45, 2.75) is 6.92 Å². The zero-order valence-corrected chi connectivity index (χ0v) is 12.1. The van der Waals surface area contributed by atoms with Crippen LogP contribution in [0.3, 0.4) is 0 Å². The molecule has 0 saturated heterocycles. The molecule has 0 bridgehead atoms. The number of thiophene rings is 1. The average Bonchev–Trinajstić information content (AvgIpc) is 2.84. The summed E-state index contributed by atoms with van der Waals surface area (Å²) in [4.78, 5) is 9.91. The number of benzene rings is 1. The first-order valence-corrected chi connectivity index (χ1v) is 7.24. The van der Waals surface area contributed by atoms with Gasteiger partial charge in [-0.15, -0.1) is 11.3 Å². The van der Waals surface area contributed by atoms with Gasteiger partial charge in [0.05, 0.1) is 23.4 Å². The number of fused-ring (bicyclic) bond motifs is 1. The Kier molecular flexibility index (Phi) is 3.42. The number of nitriles is 1. The van der Waals surface area contributed by atoms with Crippen molar-refractivity contribution < 1.29 is 4.74 Å². The Labute approximate surface area is 125 Å².